The first-order chi connectivity index (χ1) is 13.4. The van der Waals surface area contributed by atoms with E-state index in [-0.39, 0.29) is 26.4 Å². The fourth-order valence-electron chi connectivity index (χ4n) is 2.68. The molecule has 1 fully saturated rings. The highest BCUT2D eigenvalue weighted by Gasteiger charge is 2.45. The van der Waals surface area contributed by atoms with Crippen molar-refractivity contribution in [2.45, 2.75) is 18.4 Å². The van der Waals surface area contributed by atoms with E-state index in [1.54, 1.807) is 18.2 Å². The van der Waals surface area contributed by atoms with Crippen LogP contribution in [0.3, 0.4) is 0 Å². The van der Waals surface area contributed by atoms with E-state index < -0.39 is 23.0 Å². The molecule has 1 aliphatic rings. The van der Waals surface area contributed by atoms with Gasteiger partial charge >= 0.3 is 11.1 Å². The molecule has 2 unspecified atom stereocenters. The number of hydrogen-bond donors (Lipinski definition) is 0. The Labute approximate surface area is 169 Å². The molecule has 0 aliphatic carbocycles. The second-order valence-electron chi connectivity index (χ2n) is 5.69. The normalized spacial score (nSPS) is 21.4. The summed E-state index contributed by atoms with van der Waals surface area (Å²) in [7, 11) is 0. The van der Waals surface area contributed by atoms with Gasteiger partial charge in [0.25, 0.3) is 0 Å². The summed E-state index contributed by atoms with van der Waals surface area (Å²) >= 11 is 12.3. The van der Waals surface area contributed by atoms with Crippen LogP contribution in [0.4, 0.5) is 0 Å². The largest absolute Gasteiger partial charge is 0.366 e. The summed E-state index contributed by atoms with van der Waals surface area (Å²) in [6.45, 7) is 0.550. The van der Waals surface area contributed by atoms with Gasteiger partial charge in [0.2, 0.25) is 5.79 Å². The molecule has 0 spiro atoms. The van der Waals surface area contributed by atoms with Crippen LogP contribution in [0.2, 0.25) is 10.0 Å². The molecule has 0 saturated carbocycles. The van der Waals surface area contributed by atoms with E-state index in [9.17, 15) is 10.1 Å². The molecule has 1 aliphatic heterocycles. The van der Waals surface area contributed by atoms with E-state index in [0.29, 0.717) is 15.6 Å². The molecule has 2 atom stereocenters. The molecule has 148 valence electrons. The summed E-state index contributed by atoms with van der Waals surface area (Å²) in [4.78, 5) is 18.4. The number of rotatable bonds is 8. The molecular formula is C16H14Cl2N4O6. The van der Waals surface area contributed by atoms with Crippen LogP contribution in [0, 0.1) is 22.5 Å². The van der Waals surface area contributed by atoms with Gasteiger partial charge in [-0.05, 0) is 12.1 Å². The Kier molecular flexibility index (Phi) is 6.33. The monoisotopic (exact) mass is 428 g/mol. The molecule has 0 N–H and O–H groups in total. The topological polar surface area (TPSA) is 111 Å². The molecule has 2 aromatic rings. The SMILES string of the molecule is C#CCOCC1COC(Cn2cnc(O[N+](=O)[O-])n2)(c2ccc(Cl)cc2Cl)O1. The third kappa shape index (κ3) is 4.70. The summed E-state index contributed by atoms with van der Waals surface area (Å²) < 4.78 is 18.6. The Hall–Kier alpha value is -2.42. The predicted molar refractivity (Wildman–Crippen MR) is 96.3 cm³/mol. The Morgan fingerprint density at radius 2 is 2.32 bits per heavy atom. The molecule has 0 radical (unpaired) electrons. The fraction of sp³-hybridized carbons (Fsp3) is 0.375. The number of nitrogens with zero attached hydrogens (tertiary/aromatic N) is 4. The van der Waals surface area contributed by atoms with Gasteiger partial charge in [0.15, 0.2) is 0 Å². The minimum Gasteiger partial charge on any atom is -0.366 e. The maximum atomic E-state index is 10.4. The van der Waals surface area contributed by atoms with Crippen LogP contribution in [-0.2, 0) is 26.5 Å². The molecule has 1 saturated heterocycles. The third-order valence-electron chi connectivity index (χ3n) is 3.73. The van der Waals surface area contributed by atoms with E-state index in [2.05, 4.69) is 20.8 Å². The molecule has 2 heterocycles. The maximum absolute atomic E-state index is 10.4. The van der Waals surface area contributed by atoms with Crippen molar-refractivity contribution in [3.05, 3.63) is 50.2 Å². The molecule has 0 amide bonds. The van der Waals surface area contributed by atoms with Crippen LogP contribution in [0.1, 0.15) is 5.56 Å². The highest BCUT2D eigenvalue weighted by atomic mass is 35.5. The number of halogens is 2. The number of ether oxygens (including phenoxy) is 3. The van der Waals surface area contributed by atoms with E-state index in [1.807, 2.05) is 0 Å². The number of aromatic nitrogens is 3. The average molecular weight is 429 g/mol. The molecule has 0 bridgehead atoms. The van der Waals surface area contributed by atoms with Gasteiger partial charge in [-0.15, -0.1) is 21.6 Å². The summed E-state index contributed by atoms with van der Waals surface area (Å²) in [5.41, 5.74) is 0.505. The maximum Gasteiger partial charge on any atom is 0.327 e. The average Bonchev–Trinajstić information content (AvgIpc) is 3.22. The van der Waals surface area contributed by atoms with Gasteiger partial charge in [-0.2, -0.15) is 4.98 Å². The first-order valence-electron chi connectivity index (χ1n) is 7.92. The minimum absolute atomic E-state index is 0.00589. The highest BCUT2D eigenvalue weighted by Crippen LogP contribution is 2.40. The zero-order valence-electron chi connectivity index (χ0n) is 14.3. The standard InChI is InChI=1S/C16H14Cl2N4O6/c1-2-5-25-7-12-8-26-16(27-12,13-4-3-11(17)6-14(13)18)9-21-10-19-15(20-21)28-22(23)24/h1,3-4,6,10,12H,5,7-9H2. The van der Waals surface area contributed by atoms with Crippen LogP contribution in [0.15, 0.2) is 24.5 Å². The van der Waals surface area contributed by atoms with Gasteiger partial charge in [-0.25, -0.2) is 9.52 Å². The Bertz CT molecular complexity index is 901. The first-order valence-corrected chi connectivity index (χ1v) is 8.68. The van der Waals surface area contributed by atoms with Crippen molar-refractivity contribution < 1.29 is 24.1 Å². The Morgan fingerprint density at radius 1 is 1.50 bits per heavy atom. The van der Waals surface area contributed by atoms with E-state index >= 15 is 0 Å². The molecule has 1 aromatic carbocycles. The lowest BCUT2D eigenvalue weighted by molar-refractivity contribution is -0.713. The van der Waals surface area contributed by atoms with Gasteiger partial charge < -0.3 is 14.2 Å². The first kappa shape index (κ1) is 20.3. The fourth-order valence-corrected chi connectivity index (χ4v) is 3.23. The molecule has 1 aromatic heterocycles. The van der Waals surface area contributed by atoms with Crippen molar-refractivity contribution in [1.82, 2.24) is 14.8 Å². The lowest BCUT2D eigenvalue weighted by Crippen LogP contribution is -2.35. The summed E-state index contributed by atoms with van der Waals surface area (Å²) in [5.74, 6) is 1.03. The van der Waals surface area contributed by atoms with Crippen molar-refractivity contribution in [3.63, 3.8) is 0 Å². The van der Waals surface area contributed by atoms with Crippen molar-refractivity contribution in [2.24, 2.45) is 0 Å². The van der Waals surface area contributed by atoms with Crippen LogP contribution in [-0.4, -0.2) is 45.8 Å². The summed E-state index contributed by atoms with van der Waals surface area (Å²) in [6, 6.07) is 4.44. The molecule has 3 rings (SSSR count). The van der Waals surface area contributed by atoms with Crippen LogP contribution < -0.4 is 4.84 Å². The van der Waals surface area contributed by atoms with Gasteiger partial charge in [-0.1, -0.05) is 35.2 Å². The van der Waals surface area contributed by atoms with Gasteiger partial charge in [0.1, 0.15) is 25.6 Å². The Morgan fingerprint density at radius 3 is 3.04 bits per heavy atom. The lowest BCUT2D eigenvalue weighted by atomic mass is 10.1. The highest BCUT2D eigenvalue weighted by molar-refractivity contribution is 6.35. The zero-order valence-corrected chi connectivity index (χ0v) is 15.8. The van der Waals surface area contributed by atoms with Crippen LogP contribution >= 0.6 is 23.2 Å². The summed E-state index contributed by atoms with van der Waals surface area (Å²) in [5, 5.41) is 14.1. The van der Waals surface area contributed by atoms with E-state index in [0.717, 1.165) is 0 Å². The van der Waals surface area contributed by atoms with Crippen molar-refractivity contribution in [1.29, 1.82) is 0 Å². The molecule has 12 heteroatoms. The smallest absolute Gasteiger partial charge is 0.327 e. The summed E-state index contributed by atoms with van der Waals surface area (Å²) in [6.07, 6.45) is 6.01. The minimum atomic E-state index is -1.34. The lowest BCUT2D eigenvalue weighted by Gasteiger charge is -2.29. The number of terminal acetylenes is 1. The number of benzene rings is 1. The second-order valence-corrected chi connectivity index (χ2v) is 6.53. The molecular weight excluding hydrogens is 415 g/mol. The van der Waals surface area contributed by atoms with Crippen molar-refractivity contribution >= 4 is 23.2 Å². The van der Waals surface area contributed by atoms with Crippen molar-refractivity contribution in [2.75, 3.05) is 19.8 Å². The number of hydrogen-bond acceptors (Lipinski definition) is 8. The Balaban J connectivity index is 1.86. The molecule has 28 heavy (non-hydrogen) atoms. The van der Waals surface area contributed by atoms with Gasteiger partial charge in [0, 0.05) is 10.6 Å². The predicted octanol–water partition coefficient (Wildman–Crippen LogP) is 2.07. The van der Waals surface area contributed by atoms with E-state index in [4.69, 9.17) is 43.8 Å². The molecule has 10 nitrogen and oxygen atoms in total. The van der Waals surface area contributed by atoms with Crippen LogP contribution in [0.25, 0.3) is 0 Å². The van der Waals surface area contributed by atoms with Crippen LogP contribution in [0.5, 0.6) is 6.01 Å². The van der Waals surface area contributed by atoms with Gasteiger partial charge in [0.05, 0.1) is 18.2 Å². The quantitative estimate of drug-likeness (QED) is 0.272. The second kappa shape index (κ2) is 8.72. The third-order valence-corrected chi connectivity index (χ3v) is 4.28. The van der Waals surface area contributed by atoms with E-state index in [1.165, 1.54) is 11.0 Å². The van der Waals surface area contributed by atoms with Crippen molar-refractivity contribution in [3.8, 4) is 18.4 Å². The van der Waals surface area contributed by atoms with Gasteiger partial charge in [-0.3, -0.25) is 0 Å². The zero-order chi connectivity index (χ0) is 20.1.